The van der Waals surface area contributed by atoms with E-state index in [1.54, 1.807) is 60.7 Å². The molecule has 0 amide bonds. The summed E-state index contributed by atoms with van der Waals surface area (Å²) in [6.45, 7) is 0. The van der Waals surface area contributed by atoms with Crippen molar-refractivity contribution in [3.8, 4) is 0 Å². The molecule has 3 aromatic carbocycles. The van der Waals surface area contributed by atoms with Gasteiger partial charge in [0.1, 0.15) is 0 Å². The summed E-state index contributed by atoms with van der Waals surface area (Å²) >= 11 is 11.9. The van der Waals surface area contributed by atoms with Crippen LogP contribution in [0.25, 0.3) is 12.2 Å². The predicted octanol–water partition coefficient (Wildman–Crippen LogP) is 6.79. The van der Waals surface area contributed by atoms with Crippen LogP contribution in [0.4, 0.5) is 0 Å². The van der Waals surface area contributed by atoms with E-state index in [-0.39, 0.29) is 11.6 Å². The lowest BCUT2D eigenvalue weighted by Gasteiger charge is -2.00. The molecule has 0 aliphatic carbocycles. The van der Waals surface area contributed by atoms with Crippen molar-refractivity contribution in [1.29, 1.82) is 0 Å². The van der Waals surface area contributed by atoms with Gasteiger partial charge in [-0.2, -0.15) is 0 Å². The van der Waals surface area contributed by atoms with Crippen LogP contribution < -0.4 is 0 Å². The molecule has 0 aliphatic rings. The molecule has 0 radical (unpaired) electrons. The van der Waals surface area contributed by atoms with Crippen LogP contribution in [0.3, 0.4) is 0 Å². The number of hydrogen-bond acceptors (Lipinski definition) is 2. The monoisotopic (exact) mass is 406 g/mol. The van der Waals surface area contributed by atoms with Gasteiger partial charge in [0.05, 0.1) is 0 Å². The molecule has 0 N–H and O–H groups in total. The molecule has 0 bridgehead atoms. The molecule has 0 aromatic heterocycles. The fraction of sp³-hybridized carbons (Fsp3) is 0. The van der Waals surface area contributed by atoms with Crippen molar-refractivity contribution in [3.05, 3.63) is 117 Å². The molecular formula is C24H16Cl2O2. The first kappa shape index (κ1) is 19.8. The molecule has 4 heteroatoms. The van der Waals surface area contributed by atoms with Gasteiger partial charge in [-0.15, -0.1) is 0 Å². The van der Waals surface area contributed by atoms with Crippen molar-refractivity contribution in [2.75, 3.05) is 0 Å². The maximum atomic E-state index is 12.3. The van der Waals surface area contributed by atoms with Crippen molar-refractivity contribution in [1.82, 2.24) is 0 Å². The highest BCUT2D eigenvalue weighted by Crippen LogP contribution is 2.14. The van der Waals surface area contributed by atoms with E-state index in [0.29, 0.717) is 21.2 Å². The Morgan fingerprint density at radius 1 is 0.607 bits per heavy atom. The Balaban J connectivity index is 1.67. The maximum absolute atomic E-state index is 12.3. The molecule has 0 aliphatic heterocycles. The van der Waals surface area contributed by atoms with Gasteiger partial charge in [0, 0.05) is 21.2 Å². The number of rotatable bonds is 6. The van der Waals surface area contributed by atoms with E-state index in [1.165, 1.54) is 12.2 Å². The minimum Gasteiger partial charge on any atom is -0.289 e. The summed E-state index contributed by atoms with van der Waals surface area (Å²) in [5, 5.41) is 1.23. The van der Waals surface area contributed by atoms with Gasteiger partial charge >= 0.3 is 0 Å². The standard InChI is InChI=1S/C24H16Cl2O2/c25-21-5-1-3-17(15-21)7-13-23(27)19-9-11-20(12-10-19)24(28)14-8-18-4-2-6-22(26)16-18/h1-16H/b13-7+,14-8+. The predicted molar refractivity (Wildman–Crippen MR) is 116 cm³/mol. The number of carbonyl (C=O) groups is 2. The third kappa shape index (κ3) is 5.53. The number of allylic oxidation sites excluding steroid dienone is 2. The van der Waals surface area contributed by atoms with Gasteiger partial charge in [-0.3, -0.25) is 9.59 Å². The van der Waals surface area contributed by atoms with Crippen molar-refractivity contribution in [2.45, 2.75) is 0 Å². The van der Waals surface area contributed by atoms with Crippen LogP contribution in [0, 0.1) is 0 Å². The van der Waals surface area contributed by atoms with Gasteiger partial charge in [0.2, 0.25) is 0 Å². The number of carbonyl (C=O) groups excluding carboxylic acids is 2. The van der Waals surface area contributed by atoms with E-state index in [0.717, 1.165) is 11.1 Å². The first-order valence-electron chi connectivity index (χ1n) is 8.57. The average Bonchev–Trinajstić information content (AvgIpc) is 2.70. The highest BCUT2D eigenvalue weighted by molar-refractivity contribution is 6.31. The molecule has 0 saturated heterocycles. The Bertz CT molecular complexity index is 977. The zero-order valence-corrected chi connectivity index (χ0v) is 16.3. The van der Waals surface area contributed by atoms with Gasteiger partial charge in [-0.05, 0) is 47.5 Å². The van der Waals surface area contributed by atoms with E-state index in [4.69, 9.17) is 23.2 Å². The summed E-state index contributed by atoms with van der Waals surface area (Å²) in [5.41, 5.74) is 2.71. The van der Waals surface area contributed by atoms with Gasteiger partial charge in [0.25, 0.3) is 0 Å². The second-order valence-electron chi connectivity index (χ2n) is 6.08. The number of benzene rings is 3. The molecule has 28 heavy (non-hydrogen) atoms. The van der Waals surface area contributed by atoms with Crippen LogP contribution in [0.1, 0.15) is 31.8 Å². The smallest absolute Gasteiger partial charge is 0.185 e. The molecule has 0 unspecified atom stereocenters. The molecule has 0 fully saturated rings. The summed E-state index contributed by atoms with van der Waals surface area (Å²) < 4.78 is 0. The van der Waals surface area contributed by atoms with E-state index < -0.39 is 0 Å². The van der Waals surface area contributed by atoms with Crippen LogP contribution >= 0.6 is 23.2 Å². The lowest BCUT2D eigenvalue weighted by atomic mass is 10.0. The third-order valence-corrected chi connectivity index (χ3v) is 4.48. The molecule has 0 atom stereocenters. The summed E-state index contributed by atoms with van der Waals surface area (Å²) in [5.74, 6) is -0.290. The second-order valence-corrected chi connectivity index (χ2v) is 6.96. The molecule has 0 spiro atoms. The van der Waals surface area contributed by atoms with Crippen molar-refractivity contribution < 1.29 is 9.59 Å². The second kappa shape index (κ2) is 9.32. The van der Waals surface area contributed by atoms with Gasteiger partial charge < -0.3 is 0 Å². The molecular weight excluding hydrogens is 391 g/mol. The SMILES string of the molecule is O=C(/C=C/c1cccc(Cl)c1)c1ccc(C(=O)/C=C/c2cccc(Cl)c2)cc1. The number of hydrogen-bond donors (Lipinski definition) is 0. The lowest BCUT2D eigenvalue weighted by Crippen LogP contribution is -1.98. The van der Waals surface area contributed by atoms with E-state index in [2.05, 4.69) is 0 Å². The van der Waals surface area contributed by atoms with Gasteiger partial charge in [-0.25, -0.2) is 0 Å². The van der Waals surface area contributed by atoms with Crippen LogP contribution in [0.15, 0.2) is 84.9 Å². The van der Waals surface area contributed by atoms with Gasteiger partial charge in [-0.1, -0.05) is 83.9 Å². The average molecular weight is 407 g/mol. The fourth-order valence-electron chi connectivity index (χ4n) is 2.56. The summed E-state index contributed by atoms with van der Waals surface area (Å²) in [6.07, 6.45) is 6.39. The summed E-state index contributed by atoms with van der Waals surface area (Å²) in [7, 11) is 0. The van der Waals surface area contributed by atoms with Crippen molar-refractivity contribution in [2.24, 2.45) is 0 Å². The van der Waals surface area contributed by atoms with Crippen LogP contribution in [-0.4, -0.2) is 11.6 Å². The topological polar surface area (TPSA) is 34.1 Å². The van der Waals surface area contributed by atoms with Crippen molar-refractivity contribution >= 4 is 46.9 Å². The third-order valence-electron chi connectivity index (χ3n) is 4.01. The molecule has 3 aromatic rings. The Labute approximate surface area is 173 Å². The quantitative estimate of drug-likeness (QED) is 0.333. The Kier molecular flexibility index (Phi) is 6.59. The lowest BCUT2D eigenvalue weighted by molar-refractivity contribution is 0.103. The Morgan fingerprint density at radius 2 is 1.00 bits per heavy atom. The Hall–Kier alpha value is -2.94. The summed E-state index contributed by atoms with van der Waals surface area (Å²) in [4.78, 5) is 24.6. The van der Waals surface area contributed by atoms with Crippen molar-refractivity contribution in [3.63, 3.8) is 0 Å². The number of halogens is 2. The largest absolute Gasteiger partial charge is 0.289 e. The zero-order chi connectivity index (χ0) is 19.9. The zero-order valence-electron chi connectivity index (χ0n) is 14.8. The summed E-state index contributed by atoms with van der Waals surface area (Å²) in [6, 6.07) is 21.1. The highest BCUT2D eigenvalue weighted by atomic mass is 35.5. The molecule has 3 rings (SSSR count). The first-order chi connectivity index (χ1) is 13.5. The fourth-order valence-corrected chi connectivity index (χ4v) is 2.95. The van der Waals surface area contributed by atoms with E-state index in [9.17, 15) is 9.59 Å². The van der Waals surface area contributed by atoms with E-state index >= 15 is 0 Å². The molecule has 0 saturated carbocycles. The highest BCUT2D eigenvalue weighted by Gasteiger charge is 2.05. The molecule has 0 heterocycles. The van der Waals surface area contributed by atoms with Crippen LogP contribution in [0.5, 0.6) is 0 Å². The number of ketones is 2. The maximum Gasteiger partial charge on any atom is 0.185 e. The molecule has 2 nitrogen and oxygen atoms in total. The van der Waals surface area contributed by atoms with E-state index in [1.807, 2.05) is 24.3 Å². The van der Waals surface area contributed by atoms with Gasteiger partial charge in [0.15, 0.2) is 11.6 Å². The normalized spacial score (nSPS) is 11.2. The minimum atomic E-state index is -0.145. The first-order valence-corrected chi connectivity index (χ1v) is 9.33. The van der Waals surface area contributed by atoms with Crippen LogP contribution in [0.2, 0.25) is 10.0 Å². The minimum absolute atomic E-state index is 0.145. The van der Waals surface area contributed by atoms with Crippen LogP contribution in [-0.2, 0) is 0 Å². The Morgan fingerprint density at radius 3 is 1.36 bits per heavy atom. The molecule has 138 valence electrons.